The molecule has 0 aromatic carbocycles. The number of rotatable bonds is 7. The molecule has 0 aliphatic rings. The van der Waals surface area contributed by atoms with Gasteiger partial charge >= 0.3 is 66.6 Å². The van der Waals surface area contributed by atoms with E-state index in [1.807, 2.05) is 0 Å². The molecule has 1 unspecified atom stereocenters. The average Bonchev–Trinajstić information content (AvgIpc) is 2.24. The van der Waals surface area contributed by atoms with Crippen molar-refractivity contribution in [2.75, 3.05) is 0 Å². The van der Waals surface area contributed by atoms with Crippen LogP contribution in [0.25, 0.3) is 0 Å². The monoisotopic (exact) mass is 436 g/mol. The number of halogens is 7. The first-order valence-corrected chi connectivity index (χ1v) is 4.47. The predicted octanol–water partition coefficient (Wildman–Crippen LogP) is -0.870. The van der Waals surface area contributed by atoms with Gasteiger partial charge in [0.2, 0.25) is 0 Å². The van der Waals surface area contributed by atoms with Gasteiger partial charge in [0.25, 0.3) is 0 Å². The minimum absolute atomic E-state index is 0. The van der Waals surface area contributed by atoms with Gasteiger partial charge < -0.3 is 19.8 Å². The summed E-state index contributed by atoms with van der Waals surface area (Å²) in [5.41, 5.74) is 0. The van der Waals surface area contributed by atoms with Gasteiger partial charge in [0.05, 0.1) is 0 Å². The second-order valence-electron chi connectivity index (χ2n) is 3.44. The third-order valence-corrected chi connectivity index (χ3v) is 2.06. The third-order valence-electron chi connectivity index (χ3n) is 2.06. The smallest absolute Gasteiger partial charge is 0.550 e. The van der Waals surface area contributed by atoms with Crippen LogP contribution in [0.5, 0.6) is 0 Å². The van der Waals surface area contributed by atoms with Crippen LogP contribution in [0.3, 0.4) is 0 Å². The number of hydrogen-bond acceptors (Lipinski definition) is 4. The van der Waals surface area contributed by atoms with Crippen LogP contribution in [0.4, 0.5) is 30.7 Å². The Morgan fingerprint density at radius 2 is 1.40 bits per heavy atom. The van der Waals surface area contributed by atoms with Crippen molar-refractivity contribution in [3.63, 3.8) is 0 Å². The number of carboxylic acids is 2. The van der Waals surface area contributed by atoms with Crippen molar-refractivity contribution in [1.29, 1.82) is 0 Å². The summed E-state index contributed by atoms with van der Waals surface area (Å²) in [5.74, 6) is -24.9. The predicted molar refractivity (Wildman–Crippen MR) is 44.7 cm³/mol. The van der Waals surface area contributed by atoms with E-state index in [1.165, 1.54) is 0 Å². The normalized spacial score (nSPS) is 14.3. The Morgan fingerprint density at radius 1 is 1.00 bits per heavy atom. The maximum absolute atomic E-state index is 12.8. The van der Waals surface area contributed by atoms with Gasteiger partial charge in [-0.3, -0.25) is 0 Å². The zero-order valence-corrected chi connectivity index (χ0v) is 13.9. The van der Waals surface area contributed by atoms with Gasteiger partial charge in [-0.1, -0.05) is 0 Å². The van der Waals surface area contributed by atoms with Crippen molar-refractivity contribution in [1.82, 2.24) is 0 Å². The van der Waals surface area contributed by atoms with Gasteiger partial charge in [-0.2, -0.15) is 26.3 Å². The Hall–Kier alpha value is 0.0214. The Morgan fingerprint density at radius 3 is 1.70 bits per heavy atom. The molecule has 0 spiro atoms. The van der Waals surface area contributed by atoms with Crippen LogP contribution in [0.15, 0.2) is 0 Å². The molecule has 20 heavy (non-hydrogen) atoms. The SMILES string of the molecule is O=C([O-])CCC(F)C(F)(F)C(F)(F)C(F)(F)C(=O)[O-].[Ba+2]. The zero-order chi connectivity index (χ0) is 15.6. The molecule has 0 aromatic rings. The average molecular weight is 435 g/mol. The molecule has 0 aliphatic carbocycles. The molecule has 0 fully saturated rings. The van der Waals surface area contributed by atoms with Crippen LogP contribution in [0.1, 0.15) is 12.8 Å². The van der Waals surface area contributed by atoms with Gasteiger partial charge in [-0.15, -0.1) is 0 Å². The molecule has 0 aromatic heterocycles. The second-order valence-corrected chi connectivity index (χ2v) is 3.44. The van der Waals surface area contributed by atoms with Gasteiger partial charge in [0, 0.05) is 5.97 Å². The quantitative estimate of drug-likeness (QED) is 0.385. The van der Waals surface area contributed by atoms with Crippen molar-refractivity contribution in [2.24, 2.45) is 0 Å². The first-order valence-electron chi connectivity index (χ1n) is 4.47. The molecule has 0 N–H and O–H groups in total. The van der Waals surface area contributed by atoms with E-state index in [-0.39, 0.29) is 48.9 Å². The Bertz CT molecular complexity index is 374. The molecule has 112 valence electrons. The summed E-state index contributed by atoms with van der Waals surface area (Å²) >= 11 is 0. The van der Waals surface area contributed by atoms with Crippen molar-refractivity contribution in [3.05, 3.63) is 0 Å². The Balaban J connectivity index is 0. The first kappa shape index (κ1) is 22.3. The minimum Gasteiger partial charge on any atom is -0.550 e. The summed E-state index contributed by atoms with van der Waals surface area (Å²) in [6.45, 7) is 0. The zero-order valence-electron chi connectivity index (χ0n) is 9.48. The number of hydrogen-bond donors (Lipinski definition) is 0. The topological polar surface area (TPSA) is 80.3 Å². The molecule has 1 atom stereocenters. The molecule has 0 bridgehead atoms. The van der Waals surface area contributed by atoms with Crippen molar-refractivity contribution < 1.29 is 50.5 Å². The summed E-state index contributed by atoms with van der Waals surface area (Å²) in [6.07, 6.45) is -7.21. The molecule has 0 heterocycles. The maximum Gasteiger partial charge on any atom is 2.00 e. The number of carbonyl (C=O) groups is 2. The summed E-state index contributed by atoms with van der Waals surface area (Å²) in [7, 11) is 0. The summed E-state index contributed by atoms with van der Waals surface area (Å²) in [6, 6.07) is 0. The third kappa shape index (κ3) is 4.26. The first-order chi connectivity index (χ1) is 8.28. The fourth-order valence-electron chi connectivity index (χ4n) is 0.960. The van der Waals surface area contributed by atoms with E-state index >= 15 is 0 Å². The molecule has 0 saturated heterocycles. The van der Waals surface area contributed by atoms with Crippen LogP contribution in [0.2, 0.25) is 0 Å². The molecular formula is C8H5BaF7O4. The molecule has 0 radical (unpaired) electrons. The van der Waals surface area contributed by atoms with Crippen molar-refractivity contribution >= 4 is 60.8 Å². The molecule has 0 saturated carbocycles. The van der Waals surface area contributed by atoms with E-state index in [4.69, 9.17) is 0 Å². The number of carbonyl (C=O) groups excluding carboxylic acids is 2. The number of alkyl halides is 7. The van der Waals surface area contributed by atoms with E-state index in [0.717, 1.165) is 0 Å². The van der Waals surface area contributed by atoms with Crippen LogP contribution in [-0.4, -0.2) is 84.8 Å². The van der Waals surface area contributed by atoms with Crippen molar-refractivity contribution in [2.45, 2.75) is 36.8 Å². The summed E-state index contributed by atoms with van der Waals surface area (Å²) < 4.78 is 88.5. The van der Waals surface area contributed by atoms with Crippen molar-refractivity contribution in [3.8, 4) is 0 Å². The van der Waals surface area contributed by atoms with E-state index < -0.39 is 48.7 Å². The number of aliphatic carboxylic acids is 2. The molecule has 12 heteroatoms. The summed E-state index contributed by atoms with van der Waals surface area (Å²) in [4.78, 5) is 19.5. The number of carboxylic acid groups (broad SMARTS) is 2. The van der Waals surface area contributed by atoms with Gasteiger partial charge in [0.1, 0.15) is 5.97 Å². The van der Waals surface area contributed by atoms with Gasteiger partial charge in [0.15, 0.2) is 6.17 Å². The largest absolute Gasteiger partial charge is 2.00 e. The molecule has 4 nitrogen and oxygen atoms in total. The van der Waals surface area contributed by atoms with E-state index in [9.17, 15) is 50.5 Å². The summed E-state index contributed by atoms with van der Waals surface area (Å²) in [5, 5.41) is 19.5. The van der Waals surface area contributed by atoms with Gasteiger partial charge in [-0.05, 0) is 12.8 Å². The van der Waals surface area contributed by atoms with Crippen LogP contribution < -0.4 is 10.2 Å². The molecular weight excluding hydrogens is 430 g/mol. The van der Waals surface area contributed by atoms with Crippen LogP contribution in [0, 0.1) is 0 Å². The Kier molecular flexibility index (Phi) is 8.18. The van der Waals surface area contributed by atoms with Crippen LogP contribution in [-0.2, 0) is 9.59 Å². The molecule has 0 aliphatic heterocycles. The van der Waals surface area contributed by atoms with E-state index in [2.05, 4.69) is 0 Å². The van der Waals surface area contributed by atoms with Gasteiger partial charge in [-0.25, -0.2) is 4.39 Å². The van der Waals surface area contributed by atoms with E-state index in [1.54, 1.807) is 0 Å². The maximum atomic E-state index is 12.8. The second kappa shape index (κ2) is 7.33. The fourth-order valence-corrected chi connectivity index (χ4v) is 0.960. The Labute approximate surface area is 147 Å². The fraction of sp³-hybridized carbons (Fsp3) is 0.750. The molecule has 0 amide bonds. The van der Waals surface area contributed by atoms with Crippen LogP contribution >= 0.6 is 0 Å². The minimum atomic E-state index is -6.59. The van der Waals surface area contributed by atoms with E-state index in [0.29, 0.717) is 0 Å². The standard InChI is InChI=1S/C8H7F7O4.Ba/c9-3(1-2-4(16)17)6(10,11)8(14,15)7(12,13)5(18)19;/h3H,1-2H2,(H,16,17)(H,18,19);/q;+2/p-2. The molecule has 0 rings (SSSR count).